The van der Waals surface area contributed by atoms with Crippen LogP contribution in [-0.4, -0.2) is 42.9 Å². The second kappa shape index (κ2) is 10.3. The fraction of sp³-hybridized carbons (Fsp3) is 0.545. The van der Waals surface area contributed by atoms with Gasteiger partial charge in [0.2, 0.25) is 5.91 Å². The minimum Gasteiger partial charge on any atom is -0.459 e. The third-order valence-electron chi connectivity index (χ3n) is 5.93. The lowest BCUT2D eigenvalue weighted by Crippen LogP contribution is -2.45. The van der Waals surface area contributed by atoms with Gasteiger partial charge in [-0.1, -0.05) is 37.5 Å². The van der Waals surface area contributed by atoms with Crippen LogP contribution in [0.2, 0.25) is 0 Å². The smallest absolute Gasteiger partial charge is 0.225 e. The number of aliphatic imine (C=N–C) groups is 1. The van der Waals surface area contributed by atoms with E-state index >= 15 is 0 Å². The molecule has 2 aromatic rings. The molecule has 2 aliphatic rings. The van der Waals surface area contributed by atoms with E-state index in [2.05, 4.69) is 21.7 Å². The van der Waals surface area contributed by atoms with Gasteiger partial charge in [-0.3, -0.25) is 9.79 Å². The van der Waals surface area contributed by atoms with Crippen molar-refractivity contribution in [3.05, 3.63) is 36.1 Å². The Bertz CT molecular complexity index is 811. The topological polar surface area (TPSA) is 69.9 Å². The first-order valence-electron chi connectivity index (χ1n) is 10.5. The number of para-hydroxylation sites is 1. The average Bonchev–Trinajstić information content (AvgIpc) is 3.37. The first-order valence-corrected chi connectivity index (χ1v) is 10.5. The number of rotatable bonds is 4. The summed E-state index contributed by atoms with van der Waals surface area (Å²) in [5.74, 6) is 2.23. The molecule has 1 aromatic carbocycles. The van der Waals surface area contributed by atoms with E-state index in [0.717, 1.165) is 55.0 Å². The molecular formula is C22H31IN4O2. The minimum atomic E-state index is 0. The van der Waals surface area contributed by atoms with Crippen LogP contribution in [0.25, 0.3) is 11.0 Å². The van der Waals surface area contributed by atoms with Gasteiger partial charge in [0.15, 0.2) is 5.96 Å². The molecule has 0 spiro atoms. The van der Waals surface area contributed by atoms with Gasteiger partial charge in [-0.2, -0.15) is 0 Å². The third kappa shape index (κ3) is 5.43. The normalized spacial score (nSPS) is 20.5. The van der Waals surface area contributed by atoms with E-state index in [4.69, 9.17) is 4.42 Å². The van der Waals surface area contributed by atoms with Crippen molar-refractivity contribution in [1.29, 1.82) is 0 Å². The number of likely N-dealkylation sites (tertiary alicyclic amines) is 1. The lowest BCUT2D eigenvalue weighted by molar-refractivity contribution is -0.135. The van der Waals surface area contributed by atoms with Crippen molar-refractivity contribution in [2.75, 3.05) is 20.1 Å². The predicted molar refractivity (Wildman–Crippen MR) is 127 cm³/mol. The number of hydrogen-bond acceptors (Lipinski definition) is 3. The van der Waals surface area contributed by atoms with Gasteiger partial charge < -0.3 is 20.0 Å². The number of halogens is 1. The molecule has 0 radical (unpaired) electrons. The maximum Gasteiger partial charge on any atom is 0.225 e. The molecule has 2 fully saturated rings. The van der Waals surface area contributed by atoms with Crippen molar-refractivity contribution in [2.24, 2.45) is 10.9 Å². The van der Waals surface area contributed by atoms with E-state index in [1.54, 1.807) is 7.05 Å². The molecule has 2 heterocycles. The fourth-order valence-electron chi connectivity index (χ4n) is 4.37. The van der Waals surface area contributed by atoms with Gasteiger partial charge in [-0.05, 0) is 31.4 Å². The Hall–Kier alpha value is -1.77. The van der Waals surface area contributed by atoms with Crippen molar-refractivity contribution >= 4 is 46.8 Å². The lowest BCUT2D eigenvalue weighted by Gasteiger charge is -2.26. The zero-order chi connectivity index (χ0) is 19.3. The molecule has 1 unspecified atom stereocenters. The molecule has 1 aromatic heterocycles. The monoisotopic (exact) mass is 510 g/mol. The van der Waals surface area contributed by atoms with E-state index in [-0.39, 0.29) is 35.9 Å². The summed E-state index contributed by atoms with van der Waals surface area (Å²) in [4.78, 5) is 19.1. The van der Waals surface area contributed by atoms with Crippen molar-refractivity contribution in [3.8, 4) is 0 Å². The summed E-state index contributed by atoms with van der Waals surface area (Å²) in [5, 5.41) is 7.89. The first kappa shape index (κ1) is 21.9. The number of fused-ring (bicyclic) bond motifs is 1. The van der Waals surface area contributed by atoms with Crippen LogP contribution in [0.5, 0.6) is 0 Å². The number of nitrogens with one attached hydrogen (secondary N) is 2. The fourth-order valence-corrected chi connectivity index (χ4v) is 4.37. The number of furan rings is 1. The third-order valence-corrected chi connectivity index (χ3v) is 5.93. The van der Waals surface area contributed by atoms with Crippen LogP contribution < -0.4 is 10.6 Å². The second-order valence-corrected chi connectivity index (χ2v) is 7.93. The Morgan fingerprint density at radius 1 is 1.21 bits per heavy atom. The predicted octanol–water partition coefficient (Wildman–Crippen LogP) is 3.90. The zero-order valence-electron chi connectivity index (χ0n) is 17.0. The van der Waals surface area contributed by atoms with Crippen LogP contribution in [-0.2, 0) is 11.3 Å². The standard InChI is InChI=1S/C22H30N4O2.HI/c1-23-22(24-14-19-13-17-9-5-6-10-20(17)28-19)25-18-11-12-26(15-18)21(27)16-7-3-2-4-8-16;/h5-6,9-10,13,16,18H,2-4,7-8,11-12,14-15H2,1H3,(H2,23,24,25);1H. The minimum absolute atomic E-state index is 0. The van der Waals surface area contributed by atoms with Crippen molar-refractivity contribution in [3.63, 3.8) is 0 Å². The van der Waals surface area contributed by atoms with Crippen LogP contribution in [0.15, 0.2) is 39.7 Å². The molecule has 1 amide bonds. The Kier molecular flexibility index (Phi) is 7.80. The number of amides is 1. The van der Waals surface area contributed by atoms with Crippen molar-refractivity contribution in [1.82, 2.24) is 15.5 Å². The largest absolute Gasteiger partial charge is 0.459 e. The number of nitrogens with zero attached hydrogens (tertiary/aromatic N) is 2. The molecule has 1 aliphatic heterocycles. The number of benzene rings is 1. The molecule has 29 heavy (non-hydrogen) atoms. The summed E-state index contributed by atoms with van der Waals surface area (Å²) in [6.07, 6.45) is 6.77. The van der Waals surface area contributed by atoms with E-state index in [1.807, 2.05) is 29.2 Å². The molecule has 6 nitrogen and oxygen atoms in total. The SMILES string of the molecule is CN=C(NCc1cc2ccccc2o1)NC1CCN(C(=O)C2CCCCC2)C1.I. The number of guanidine groups is 1. The summed E-state index contributed by atoms with van der Waals surface area (Å²) < 4.78 is 5.85. The van der Waals surface area contributed by atoms with Gasteiger partial charge in [0.25, 0.3) is 0 Å². The van der Waals surface area contributed by atoms with Gasteiger partial charge in [0.1, 0.15) is 11.3 Å². The Balaban J connectivity index is 0.00000240. The van der Waals surface area contributed by atoms with Crippen molar-refractivity contribution < 1.29 is 9.21 Å². The van der Waals surface area contributed by atoms with E-state index in [1.165, 1.54) is 19.3 Å². The molecule has 4 rings (SSSR count). The molecule has 158 valence electrons. The van der Waals surface area contributed by atoms with E-state index in [9.17, 15) is 4.79 Å². The van der Waals surface area contributed by atoms with Gasteiger partial charge in [-0.25, -0.2) is 0 Å². The summed E-state index contributed by atoms with van der Waals surface area (Å²) in [6.45, 7) is 2.18. The summed E-state index contributed by atoms with van der Waals surface area (Å²) in [5.41, 5.74) is 0.898. The molecule has 1 atom stereocenters. The first-order chi connectivity index (χ1) is 13.7. The average molecular weight is 510 g/mol. The molecular weight excluding hydrogens is 479 g/mol. The van der Waals surface area contributed by atoms with Crippen LogP contribution >= 0.6 is 24.0 Å². The highest BCUT2D eigenvalue weighted by atomic mass is 127. The highest BCUT2D eigenvalue weighted by Crippen LogP contribution is 2.26. The molecule has 1 aliphatic carbocycles. The zero-order valence-corrected chi connectivity index (χ0v) is 19.4. The molecule has 0 bridgehead atoms. The van der Waals surface area contributed by atoms with Crippen LogP contribution in [0.1, 0.15) is 44.3 Å². The lowest BCUT2D eigenvalue weighted by atomic mass is 9.88. The number of hydrogen-bond donors (Lipinski definition) is 2. The molecule has 1 saturated carbocycles. The summed E-state index contributed by atoms with van der Waals surface area (Å²) in [7, 11) is 1.77. The Labute approximate surface area is 189 Å². The van der Waals surface area contributed by atoms with Crippen molar-refractivity contribution in [2.45, 2.75) is 51.1 Å². The van der Waals surface area contributed by atoms with Gasteiger partial charge in [0, 0.05) is 37.5 Å². The maximum atomic E-state index is 12.7. The highest BCUT2D eigenvalue weighted by molar-refractivity contribution is 14.0. The molecule has 1 saturated heterocycles. The van der Waals surface area contributed by atoms with E-state index in [0.29, 0.717) is 12.5 Å². The Morgan fingerprint density at radius 3 is 2.76 bits per heavy atom. The molecule has 7 heteroatoms. The Morgan fingerprint density at radius 2 is 2.00 bits per heavy atom. The van der Waals surface area contributed by atoms with Crippen LogP contribution in [0, 0.1) is 5.92 Å². The number of carbonyl (C=O) groups excluding carboxylic acids is 1. The van der Waals surface area contributed by atoms with E-state index < -0.39 is 0 Å². The van der Waals surface area contributed by atoms with Crippen LogP contribution in [0.3, 0.4) is 0 Å². The maximum absolute atomic E-state index is 12.7. The summed E-state index contributed by atoms with van der Waals surface area (Å²) in [6, 6.07) is 10.3. The summed E-state index contributed by atoms with van der Waals surface area (Å²) >= 11 is 0. The van der Waals surface area contributed by atoms with Crippen LogP contribution in [0.4, 0.5) is 0 Å². The number of carbonyl (C=O) groups is 1. The van der Waals surface area contributed by atoms with Gasteiger partial charge in [-0.15, -0.1) is 24.0 Å². The van der Waals surface area contributed by atoms with Gasteiger partial charge >= 0.3 is 0 Å². The van der Waals surface area contributed by atoms with Gasteiger partial charge in [0.05, 0.1) is 6.54 Å². The quantitative estimate of drug-likeness (QED) is 0.372. The second-order valence-electron chi connectivity index (χ2n) is 7.93. The molecule has 2 N–H and O–H groups in total. The highest BCUT2D eigenvalue weighted by Gasteiger charge is 2.31.